The molecule has 0 saturated carbocycles. The van der Waals surface area contributed by atoms with Crippen molar-refractivity contribution in [3.05, 3.63) is 60.2 Å². The van der Waals surface area contributed by atoms with Gasteiger partial charge < -0.3 is 15.0 Å². The fourth-order valence-electron chi connectivity index (χ4n) is 4.05. The minimum absolute atomic E-state index is 0.0193. The molecule has 0 aliphatic carbocycles. The average Bonchev–Trinajstić information content (AvgIpc) is 2.82. The van der Waals surface area contributed by atoms with Crippen LogP contribution in [0.1, 0.15) is 33.3 Å². The van der Waals surface area contributed by atoms with E-state index in [4.69, 9.17) is 0 Å². The Morgan fingerprint density at radius 1 is 1.08 bits per heavy atom. The van der Waals surface area contributed by atoms with E-state index in [0.29, 0.717) is 12.5 Å². The molecule has 2 unspecified atom stereocenters. The van der Waals surface area contributed by atoms with Crippen molar-refractivity contribution >= 4 is 21.8 Å². The van der Waals surface area contributed by atoms with Crippen LogP contribution < -0.4 is 10.1 Å². The van der Waals surface area contributed by atoms with Gasteiger partial charge in [-0.2, -0.15) is 13.1 Å². The number of carbonyl (C=O) groups excluding carboxylic acids is 2. The first-order valence-corrected chi connectivity index (χ1v) is 13.0. The third-order valence-electron chi connectivity index (χ3n) is 5.77. The molecule has 2 amide bonds. The molecule has 3 rings (SSSR count). The number of halogens is 2. The number of amides is 2. The minimum atomic E-state index is -3.88. The van der Waals surface area contributed by atoms with E-state index in [1.165, 1.54) is 45.6 Å². The van der Waals surface area contributed by atoms with E-state index < -0.39 is 34.1 Å². The van der Waals surface area contributed by atoms with Crippen LogP contribution in [0.25, 0.3) is 0 Å². The molecule has 0 radical (unpaired) electrons. The van der Waals surface area contributed by atoms with Crippen LogP contribution in [0.5, 0.6) is 5.75 Å². The maximum atomic E-state index is 13.3. The van der Waals surface area contributed by atoms with Crippen molar-refractivity contribution in [2.75, 3.05) is 13.1 Å². The van der Waals surface area contributed by atoms with Gasteiger partial charge in [0.05, 0.1) is 4.90 Å². The molecule has 0 bridgehead atoms. The molecule has 1 N–H and O–H groups in total. The molecule has 0 aromatic heterocycles. The lowest BCUT2D eigenvalue weighted by atomic mass is 10.0. The summed E-state index contributed by atoms with van der Waals surface area (Å²) in [5, 5.41) is 2.75. The Labute approximate surface area is 210 Å². The maximum absolute atomic E-state index is 13.3. The predicted octanol–water partition coefficient (Wildman–Crippen LogP) is 3.24. The number of hydrogen-bond donors (Lipinski definition) is 1. The number of nitrogens with one attached hydrogen (secondary N) is 1. The molecule has 1 saturated heterocycles. The summed E-state index contributed by atoms with van der Waals surface area (Å²) in [7, 11) is -3.88. The van der Waals surface area contributed by atoms with Crippen molar-refractivity contribution in [1.82, 2.24) is 14.5 Å². The standard InChI is InChI=1S/C25H31F2N3O5S/c1-17(2)24(32)30-18(3)15-29(36(33,34)21-8-6-5-7-9-21)16-22(30)23(31)28-14-19-10-12-20(13-11-19)35-25(4,26)27/h5-13,17-18,22H,14-16H2,1-4H3,(H,28,31). The largest absolute Gasteiger partial charge is 0.433 e. The number of carbonyl (C=O) groups is 2. The summed E-state index contributed by atoms with van der Waals surface area (Å²) in [5.41, 5.74) is 0.620. The molecule has 1 aliphatic rings. The van der Waals surface area contributed by atoms with Gasteiger partial charge in [-0.25, -0.2) is 8.42 Å². The molecule has 2 aromatic rings. The lowest BCUT2D eigenvalue weighted by Gasteiger charge is -2.44. The molecule has 8 nitrogen and oxygen atoms in total. The number of alkyl halides is 2. The Balaban J connectivity index is 1.79. The van der Waals surface area contributed by atoms with Crippen molar-refractivity contribution in [3.8, 4) is 5.75 Å². The van der Waals surface area contributed by atoms with E-state index in [1.807, 2.05) is 0 Å². The maximum Gasteiger partial charge on any atom is 0.394 e. The second-order valence-electron chi connectivity index (χ2n) is 9.17. The molecule has 36 heavy (non-hydrogen) atoms. The normalized spacial score (nSPS) is 19.2. The Hall–Kier alpha value is -3.05. The molecule has 11 heteroatoms. The molecule has 1 heterocycles. The number of ether oxygens (including phenoxy) is 1. The van der Waals surface area contributed by atoms with Gasteiger partial charge in [0.15, 0.2) is 0 Å². The van der Waals surface area contributed by atoms with Crippen LogP contribution >= 0.6 is 0 Å². The first-order valence-electron chi connectivity index (χ1n) is 11.6. The van der Waals surface area contributed by atoms with Crippen molar-refractivity contribution in [3.63, 3.8) is 0 Å². The van der Waals surface area contributed by atoms with E-state index in [0.717, 1.165) is 0 Å². The van der Waals surface area contributed by atoms with Gasteiger partial charge in [-0.1, -0.05) is 44.2 Å². The number of nitrogens with zero attached hydrogens (tertiary/aromatic N) is 2. The second-order valence-corrected chi connectivity index (χ2v) is 11.1. The highest BCUT2D eigenvalue weighted by Gasteiger charge is 2.43. The summed E-state index contributed by atoms with van der Waals surface area (Å²) in [6, 6.07) is 12.2. The van der Waals surface area contributed by atoms with Gasteiger partial charge in [-0.3, -0.25) is 9.59 Å². The third-order valence-corrected chi connectivity index (χ3v) is 7.62. The summed E-state index contributed by atoms with van der Waals surface area (Å²) < 4.78 is 58.3. The zero-order valence-electron chi connectivity index (χ0n) is 20.6. The van der Waals surface area contributed by atoms with Crippen LogP contribution in [0, 0.1) is 5.92 Å². The highest BCUT2D eigenvalue weighted by Crippen LogP contribution is 2.25. The SMILES string of the molecule is CC(C)C(=O)N1C(C)CN(S(=O)(=O)c2ccccc2)CC1C(=O)NCc1ccc(OC(C)(F)F)cc1. The average molecular weight is 524 g/mol. The topological polar surface area (TPSA) is 96.0 Å². The zero-order valence-corrected chi connectivity index (χ0v) is 21.5. The minimum Gasteiger partial charge on any atom is -0.433 e. The smallest absolute Gasteiger partial charge is 0.394 e. The second kappa shape index (κ2) is 10.9. The molecule has 1 fully saturated rings. The molecular weight excluding hydrogens is 492 g/mol. The zero-order chi connectivity index (χ0) is 26.7. The monoisotopic (exact) mass is 523 g/mol. The highest BCUT2D eigenvalue weighted by molar-refractivity contribution is 7.89. The van der Waals surface area contributed by atoms with Crippen molar-refractivity contribution in [1.29, 1.82) is 0 Å². The number of sulfonamides is 1. The fourth-order valence-corrected chi connectivity index (χ4v) is 5.60. The summed E-state index contributed by atoms with van der Waals surface area (Å²) in [5.74, 6) is -1.16. The van der Waals surface area contributed by atoms with Crippen molar-refractivity contribution < 1.29 is 31.5 Å². The molecular formula is C25H31F2N3O5S. The van der Waals surface area contributed by atoms with Gasteiger partial charge in [0, 0.05) is 38.5 Å². The molecule has 2 atom stereocenters. The number of rotatable bonds is 8. The summed E-state index contributed by atoms with van der Waals surface area (Å²) >= 11 is 0. The Kier molecular flexibility index (Phi) is 8.35. The number of piperazine rings is 1. The lowest BCUT2D eigenvalue weighted by molar-refractivity contribution is -0.159. The Morgan fingerprint density at radius 3 is 2.25 bits per heavy atom. The van der Waals surface area contributed by atoms with E-state index in [9.17, 15) is 26.8 Å². The quantitative estimate of drug-likeness (QED) is 0.573. The third kappa shape index (κ3) is 6.58. The lowest BCUT2D eigenvalue weighted by Crippen LogP contribution is -2.65. The summed E-state index contributed by atoms with van der Waals surface area (Å²) in [6.45, 7) is 5.73. The Bertz CT molecular complexity index is 1170. The van der Waals surface area contributed by atoms with Crippen molar-refractivity contribution in [2.24, 2.45) is 5.92 Å². The molecule has 196 valence electrons. The van der Waals surface area contributed by atoms with Crippen LogP contribution in [0.2, 0.25) is 0 Å². The van der Waals surface area contributed by atoms with Crippen LogP contribution in [0.15, 0.2) is 59.5 Å². The first kappa shape index (κ1) is 27.5. The van der Waals surface area contributed by atoms with Gasteiger partial charge >= 0.3 is 6.11 Å². The highest BCUT2D eigenvalue weighted by atomic mass is 32.2. The summed E-state index contributed by atoms with van der Waals surface area (Å²) in [6.07, 6.45) is -3.31. The number of benzene rings is 2. The van der Waals surface area contributed by atoms with E-state index in [2.05, 4.69) is 10.1 Å². The van der Waals surface area contributed by atoms with Crippen LogP contribution in [0.3, 0.4) is 0 Å². The molecule has 0 spiro atoms. The van der Waals surface area contributed by atoms with Gasteiger partial charge in [-0.05, 0) is 36.8 Å². The van der Waals surface area contributed by atoms with Crippen LogP contribution in [-0.4, -0.2) is 60.7 Å². The van der Waals surface area contributed by atoms with E-state index >= 15 is 0 Å². The molecule has 2 aromatic carbocycles. The van der Waals surface area contributed by atoms with Gasteiger partial charge in [-0.15, -0.1) is 0 Å². The van der Waals surface area contributed by atoms with Gasteiger partial charge in [0.25, 0.3) is 0 Å². The van der Waals surface area contributed by atoms with E-state index in [-0.39, 0.29) is 42.1 Å². The van der Waals surface area contributed by atoms with Crippen LogP contribution in [-0.2, 0) is 26.2 Å². The number of hydrogen-bond acceptors (Lipinski definition) is 5. The van der Waals surface area contributed by atoms with Gasteiger partial charge in [0.2, 0.25) is 21.8 Å². The molecule has 1 aliphatic heterocycles. The van der Waals surface area contributed by atoms with Crippen LogP contribution in [0.4, 0.5) is 8.78 Å². The predicted molar refractivity (Wildman–Crippen MR) is 130 cm³/mol. The van der Waals surface area contributed by atoms with E-state index in [1.54, 1.807) is 39.0 Å². The summed E-state index contributed by atoms with van der Waals surface area (Å²) in [4.78, 5) is 27.8. The first-order chi connectivity index (χ1) is 16.8. The fraction of sp³-hybridized carbons (Fsp3) is 0.440. The van der Waals surface area contributed by atoms with Gasteiger partial charge in [0.1, 0.15) is 11.8 Å². The van der Waals surface area contributed by atoms with Crippen molar-refractivity contribution in [2.45, 2.75) is 57.3 Å². The Morgan fingerprint density at radius 2 is 1.69 bits per heavy atom.